The Morgan fingerprint density at radius 3 is 2.63 bits per heavy atom. The van der Waals surface area contributed by atoms with Crippen molar-refractivity contribution in [2.45, 2.75) is 6.04 Å². The average molecular weight is 455 g/mol. The molecule has 0 saturated heterocycles. The van der Waals surface area contributed by atoms with Gasteiger partial charge < -0.3 is 5.32 Å². The number of benzene rings is 2. The lowest BCUT2D eigenvalue weighted by Gasteiger charge is -2.20. The van der Waals surface area contributed by atoms with Crippen LogP contribution in [-0.4, -0.2) is 7.05 Å². The summed E-state index contributed by atoms with van der Waals surface area (Å²) in [4.78, 5) is 0. The van der Waals surface area contributed by atoms with E-state index in [1.54, 1.807) is 6.07 Å². The molecule has 0 aliphatic carbocycles. The molecule has 0 aliphatic heterocycles. The molecule has 2 rings (SSSR count). The van der Waals surface area contributed by atoms with Gasteiger partial charge in [-0.05, 0) is 77.2 Å². The van der Waals surface area contributed by atoms with Gasteiger partial charge in [-0.1, -0.05) is 27.5 Å². The molecule has 2 aromatic carbocycles. The second kappa shape index (κ2) is 6.52. The van der Waals surface area contributed by atoms with Gasteiger partial charge in [0, 0.05) is 13.1 Å². The largest absolute Gasteiger partial charge is 0.309 e. The summed E-state index contributed by atoms with van der Waals surface area (Å²) in [6.45, 7) is 0. The second-order valence-corrected chi connectivity index (χ2v) is 6.56. The first kappa shape index (κ1) is 15.2. The molecular formula is C14H11BrClFIN. The highest BCUT2D eigenvalue weighted by Gasteiger charge is 2.18. The molecule has 0 radical (unpaired) electrons. The van der Waals surface area contributed by atoms with E-state index in [-0.39, 0.29) is 11.9 Å². The summed E-state index contributed by atoms with van der Waals surface area (Å²) < 4.78 is 15.5. The van der Waals surface area contributed by atoms with Crippen LogP contribution in [0.2, 0.25) is 5.02 Å². The van der Waals surface area contributed by atoms with Crippen LogP contribution >= 0.6 is 50.1 Å². The molecule has 100 valence electrons. The van der Waals surface area contributed by atoms with Crippen LogP contribution in [0, 0.1) is 9.39 Å². The Morgan fingerprint density at radius 2 is 1.95 bits per heavy atom. The number of nitrogens with one attached hydrogen (secondary N) is 1. The molecule has 0 saturated carbocycles. The van der Waals surface area contributed by atoms with Crippen LogP contribution in [0.4, 0.5) is 4.39 Å². The van der Waals surface area contributed by atoms with Crippen LogP contribution in [-0.2, 0) is 0 Å². The maximum Gasteiger partial charge on any atom is 0.123 e. The van der Waals surface area contributed by atoms with Crippen LogP contribution in [0.25, 0.3) is 0 Å². The summed E-state index contributed by atoms with van der Waals surface area (Å²) in [6, 6.07) is 10.3. The fraction of sp³-hybridized carbons (Fsp3) is 0.143. The fourth-order valence-corrected chi connectivity index (χ4v) is 3.17. The van der Waals surface area contributed by atoms with Gasteiger partial charge in [0.15, 0.2) is 0 Å². The Morgan fingerprint density at radius 1 is 1.21 bits per heavy atom. The Labute approximate surface area is 138 Å². The van der Waals surface area contributed by atoms with Gasteiger partial charge in [-0.25, -0.2) is 4.39 Å². The molecule has 0 aliphatic rings. The van der Waals surface area contributed by atoms with Crippen LogP contribution < -0.4 is 5.32 Å². The van der Waals surface area contributed by atoms with Crippen molar-refractivity contribution in [1.82, 2.24) is 5.32 Å². The first-order valence-corrected chi connectivity index (χ1v) is 7.85. The SMILES string of the molecule is CNC(c1cc(F)ccc1Cl)c1cc(I)ccc1Br. The number of hydrogen-bond acceptors (Lipinski definition) is 1. The first-order valence-electron chi connectivity index (χ1n) is 5.60. The average Bonchev–Trinajstić information content (AvgIpc) is 2.38. The highest BCUT2D eigenvalue weighted by atomic mass is 127. The minimum Gasteiger partial charge on any atom is -0.309 e. The minimum absolute atomic E-state index is 0.160. The molecule has 1 N–H and O–H groups in total. The van der Waals surface area contributed by atoms with E-state index in [0.717, 1.165) is 19.2 Å². The summed E-state index contributed by atoms with van der Waals surface area (Å²) in [5.74, 6) is -0.290. The molecule has 0 amide bonds. The van der Waals surface area contributed by atoms with E-state index in [1.165, 1.54) is 12.1 Å². The summed E-state index contributed by atoms with van der Waals surface area (Å²) >= 11 is 12.0. The van der Waals surface area contributed by atoms with E-state index in [4.69, 9.17) is 11.6 Å². The molecule has 1 nitrogen and oxygen atoms in total. The molecule has 2 aromatic rings. The van der Waals surface area contributed by atoms with Crippen molar-refractivity contribution in [3.63, 3.8) is 0 Å². The Hall–Kier alpha value is -0.170. The fourth-order valence-electron chi connectivity index (χ4n) is 1.95. The summed E-state index contributed by atoms with van der Waals surface area (Å²) in [5, 5.41) is 3.73. The molecule has 1 unspecified atom stereocenters. The van der Waals surface area contributed by atoms with Gasteiger partial charge >= 0.3 is 0 Å². The smallest absolute Gasteiger partial charge is 0.123 e. The monoisotopic (exact) mass is 453 g/mol. The maximum atomic E-state index is 13.4. The van der Waals surface area contributed by atoms with E-state index in [2.05, 4.69) is 43.8 Å². The predicted octanol–water partition coefficient (Wildman–Crippen LogP) is 5.16. The third-order valence-electron chi connectivity index (χ3n) is 2.83. The standard InChI is InChI=1S/C14H11BrClFIN/c1-19-14(10-7-9(18)3-4-12(10)15)11-6-8(17)2-5-13(11)16/h2-7,14,19H,1H3. The van der Waals surface area contributed by atoms with E-state index < -0.39 is 0 Å². The van der Waals surface area contributed by atoms with Crippen molar-refractivity contribution in [1.29, 1.82) is 0 Å². The Bertz CT molecular complexity index is 554. The van der Waals surface area contributed by atoms with Crippen LogP contribution in [0.15, 0.2) is 40.9 Å². The molecule has 0 heterocycles. The van der Waals surface area contributed by atoms with Crippen molar-refractivity contribution in [3.05, 3.63) is 66.4 Å². The van der Waals surface area contributed by atoms with Gasteiger partial charge in [0.2, 0.25) is 0 Å². The highest BCUT2D eigenvalue weighted by Crippen LogP contribution is 2.33. The topological polar surface area (TPSA) is 12.0 Å². The van der Waals surface area contributed by atoms with Gasteiger partial charge in [0.1, 0.15) is 5.82 Å². The molecular weight excluding hydrogens is 443 g/mol. The van der Waals surface area contributed by atoms with Crippen molar-refractivity contribution in [2.75, 3.05) is 7.05 Å². The van der Waals surface area contributed by atoms with Gasteiger partial charge in [-0.3, -0.25) is 0 Å². The maximum absolute atomic E-state index is 13.4. The lowest BCUT2D eigenvalue weighted by molar-refractivity contribution is 0.616. The van der Waals surface area contributed by atoms with E-state index >= 15 is 0 Å². The van der Waals surface area contributed by atoms with E-state index in [9.17, 15) is 4.39 Å². The Balaban J connectivity index is 2.55. The highest BCUT2D eigenvalue weighted by molar-refractivity contribution is 14.1. The zero-order chi connectivity index (χ0) is 14.0. The first-order chi connectivity index (χ1) is 9.02. The summed E-state index contributed by atoms with van der Waals surface area (Å²) in [6.07, 6.45) is 0. The summed E-state index contributed by atoms with van der Waals surface area (Å²) in [7, 11) is 1.83. The van der Waals surface area contributed by atoms with Gasteiger partial charge in [0.25, 0.3) is 0 Å². The number of hydrogen-bond donors (Lipinski definition) is 1. The van der Waals surface area contributed by atoms with Crippen LogP contribution in [0.5, 0.6) is 0 Å². The van der Waals surface area contributed by atoms with Gasteiger partial charge in [0.05, 0.1) is 6.04 Å². The van der Waals surface area contributed by atoms with Crippen LogP contribution in [0.1, 0.15) is 17.2 Å². The minimum atomic E-state index is -0.290. The third kappa shape index (κ3) is 3.48. The molecule has 0 fully saturated rings. The van der Waals surface area contributed by atoms with Crippen LogP contribution in [0.3, 0.4) is 0 Å². The van der Waals surface area contributed by atoms with Crippen molar-refractivity contribution in [2.24, 2.45) is 0 Å². The third-order valence-corrected chi connectivity index (χ3v) is 4.56. The zero-order valence-corrected chi connectivity index (χ0v) is 14.6. The van der Waals surface area contributed by atoms with Gasteiger partial charge in [-0.15, -0.1) is 0 Å². The quantitative estimate of drug-likeness (QED) is 0.633. The predicted molar refractivity (Wildman–Crippen MR) is 89.2 cm³/mol. The lowest BCUT2D eigenvalue weighted by Crippen LogP contribution is -2.19. The van der Waals surface area contributed by atoms with Crippen molar-refractivity contribution in [3.8, 4) is 0 Å². The lowest BCUT2D eigenvalue weighted by atomic mass is 9.99. The van der Waals surface area contributed by atoms with Crippen molar-refractivity contribution >= 4 is 50.1 Å². The Kier molecular flexibility index (Phi) is 5.22. The second-order valence-electron chi connectivity index (χ2n) is 4.05. The number of rotatable bonds is 3. The van der Waals surface area contributed by atoms with Crippen molar-refractivity contribution < 1.29 is 4.39 Å². The molecule has 5 heteroatoms. The zero-order valence-electron chi connectivity index (χ0n) is 10.1. The van der Waals surface area contributed by atoms with E-state index in [0.29, 0.717) is 5.02 Å². The molecule has 1 atom stereocenters. The molecule has 0 spiro atoms. The van der Waals surface area contributed by atoms with E-state index in [1.807, 2.05) is 25.2 Å². The molecule has 0 bridgehead atoms. The number of halogens is 4. The van der Waals surface area contributed by atoms with Gasteiger partial charge in [-0.2, -0.15) is 0 Å². The normalized spacial score (nSPS) is 12.5. The summed E-state index contributed by atoms with van der Waals surface area (Å²) in [5.41, 5.74) is 1.76. The molecule has 19 heavy (non-hydrogen) atoms. The molecule has 0 aromatic heterocycles.